The topological polar surface area (TPSA) is 88.7 Å². The summed E-state index contributed by atoms with van der Waals surface area (Å²) in [6.45, 7) is 6.22. The van der Waals surface area contributed by atoms with Crippen LogP contribution in [0.15, 0.2) is 45.3 Å². The Kier molecular flexibility index (Phi) is 9.73. The molecule has 0 saturated heterocycles. The van der Waals surface area contributed by atoms with E-state index in [1.165, 1.54) is 0 Å². The number of halogens is 2. The van der Waals surface area contributed by atoms with Gasteiger partial charge in [-0.15, -0.1) is 0 Å². The number of carbonyl (C=O) groups excluding carboxylic acids is 2. The van der Waals surface area contributed by atoms with Gasteiger partial charge in [0.25, 0.3) is 11.8 Å². The molecule has 0 aliphatic heterocycles. The zero-order valence-corrected chi connectivity index (χ0v) is 21.2. The van der Waals surface area contributed by atoms with E-state index in [-0.39, 0.29) is 11.7 Å². The van der Waals surface area contributed by atoms with Crippen LogP contribution in [0, 0.1) is 12.8 Å². The lowest BCUT2D eigenvalue weighted by Gasteiger charge is -2.15. The maximum atomic E-state index is 12.6. The van der Waals surface area contributed by atoms with E-state index in [2.05, 4.69) is 48.0 Å². The van der Waals surface area contributed by atoms with E-state index in [4.69, 9.17) is 21.7 Å². The molecule has 31 heavy (non-hydrogen) atoms. The van der Waals surface area contributed by atoms with Crippen molar-refractivity contribution in [3.05, 3.63) is 56.5 Å². The van der Waals surface area contributed by atoms with Gasteiger partial charge in [0, 0.05) is 4.47 Å². The van der Waals surface area contributed by atoms with Gasteiger partial charge < -0.3 is 9.47 Å². The molecule has 0 unspecified atom stereocenters. The van der Waals surface area contributed by atoms with Crippen molar-refractivity contribution in [1.82, 2.24) is 16.2 Å². The number of rotatable bonds is 7. The monoisotopic (exact) mass is 571 g/mol. The molecule has 166 valence electrons. The van der Waals surface area contributed by atoms with Crippen molar-refractivity contribution < 1.29 is 19.1 Å². The number of thiocarbonyl (C=S) groups is 1. The number of ether oxygens (including phenoxy) is 2. The van der Waals surface area contributed by atoms with Gasteiger partial charge in [0.2, 0.25) is 0 Å². The first kappa shape index (κ1) is 25.1. The lowest BCUT2D eigenvalue weighted by Crippen LogP contribution is -2.49. The SMILES string of the molecule is Cc1ccc(OCC(=O)NNC(=S)NC(=O)c2cc(Br)ccc2OCC(C)C)c(Br)c1. The first-order chi connectivity index (χ1) is 14.7. The third-order valence-corrected chi connectivity index (χ3v) is 5.06. The molecule has 2 aromatic rings. The van der Waals surface area contributed by atoms with Crippen molar-refractivity contribution in [2.45, 2.75) is 20.8 Å². The highest BCUT2D eigenvalue weighted by Gasteiger charge is 2.16. The van der Waals surface area contributed by atoms with Crippen LogP contribution < -0.4 is 25.6 Å². The van der Waals surface area contributed by atoms with Crippen LogP contribution >= 0.6 is 44.1 Å². The van der Waals surface area contributed by atoms with Gasteiger partial charge in [-0.2, -0.15) is 0 Å². The summed E-state index contributed by atoms with van der Waals surface area (Å²) < 4.78 is 12.6. The van der Waals surface area contributed by atoms with Crippen LogP contribution in [0.5, 0.6) is 11.5 Å². The molecule has 0 aliphatic carbocycles. The lowest BCUT2D eigenvalue weighted by atomic mass is 10.2. The van der Waals surface area contributed by atoms with Crippen LogP contribution in [0.3, 0.4) is 0 Å². The summed E-state index contributed by atoms with van der Waals surface area (Å²) in [5, 5.41) is 2.45. The van der Waals surface area contributed by atoms with E-state index in [0.717, 1.165) is 14.5 Å². The number of nitrogens with one attached hydrogen (secondary N) is 3. The summed E-state index contributed by atoms with van der Waals surface area (Å²) in [6.07, 6.45) is 0. The van der Waals surface area contributed by atoms with Crippen LogP contribution in [0.4, 0.5) is 0 Å². The Morgan fingerprint density at radius 2 is 1.74 bits per heavy atom. The van der Waals surface area contributed by atoms with Gasteiger partial charge in [-0.05, 0) is 76.9 Å². The lowest BCUT2D eigenvalue weighted by molar-refractivity contribution is -0.123. The number of benzene rings is 2. The smallest absolute Gasteiger partial charge is 0.276 e. The molecule has 0 bridgehead atoms. The molecule has 0 atom stereocenters. The summed E-state index contributed by atoms with van der Waals surface area (Å²) in [7, 11) is 0. The standard InChI is InChI=1S/C21H23Br2N3O4S/c1-12(2)10-29-17-7-5-14(22)9-15(17)20(28)24-21(31)26-25-19(27)11-30-18-6-4-13(3)8-16(18)23/h4-9,12H,10-11H2,1-3H3,(H,25,27)(H2,24,26,28,31). The van der Waals surface area contributed by atoms with Gasteiger partial charge >= 0.3 is 0 Å². The molecule has 0 fully saturated rings. The molecule has 2 aromatic carbocycles. The minimum Gasteiger partial charge on any atom is -0.492 e. The third kappa shape index (κ3) is 8.47. The largest absolute Gasteiger partial charge is 0.492 e. The summed E-state index contributed by atoms with van der Waals surface area (Å²) in [5.74, 6) is 0.359. The zero-order valence-electron chi connectivity index (χ0n) is 17.3. The second-order valence-corrected chi connectivity index (χ2v) is 9.20. The molecule has 3 N–H and O–H groups in total. The van der Waals surface area contributed by atoms with Crippen LogP contribution in [0.2, 0.25) is 0 Å². The fourth-order valence-electron chi connectivity index (χ4n) is 2.29. The second kappa shape index (κ2) is 12.0. The Morgan fingerprint density at radius 1 is 1.03 bits per heavy atom. The average molecular weight is 573 g/mol. The quantitative estimate of drug-likeness (QED) is 0.339. The van der Waals surface area contributed by atoms with E-state index in [9.17, 15) is 9.59 Å². The summed E-state index contributed by atoms with van der Waals surface area (Å²) in [4.78, 5) is 24.6. The molecule has 2 amide bonds. The van der Waals surface area contributed by atoms with Gasteiger partial charge in [0.1, 0.15) is 11.5 Å². The molecule has 0 spiro atoms. The van der Waals surface area contributed by atoms with E-state index in [1.807, 2.05) is 32.9 Å². The Labute approximate surface area is 203 Å². The summed E-state index contributed by atoms with van der Waals surface area (Å²) in [5.41, 5.74) is 6.25. The highest BCUT2D eigenvalue weighted by molar-refractivity contribution is 9.10. The van der Waals surface area contributed by atoms with Crippen LogP contribution in [0.25, 0.3) is 0 Å². The molecule has 0 radical (unpaired) electrons. The van der Waals surface area contributed by atoms with Crippen LogP contribution in [-0.2, 0) is 4.79 Å². The van der Waals surface area contributed by atoms with Crippen molar-refractivity contribution >= 4 is 61.0 Å². The number of hydrogen-bond acceptors (Lipinski definition) is 5. The zero-order chi connectivity index (χ0) is 23.0. The van der Waals surface area contributed by atoms with Gasteiger partial charge in [-0.3, -0.25) is 25.8 Å². The van der Waals surface area contributed by atoms with Crippen molar-refractivity contribution in [1.29, 1.82) is 0 Å². The average Bonchev–Trinajstić information content (AvgIpc) is 2.70. The maximum Gasteiger partial charge on any atom is 0.276 e. The Bertz CT molecular complexity index is 970. The summed E-state index contributed by atoms with van der Waals surface area (Å²) >= 11 is 11.8. The number of aryl methyl sites for hydroxylation is 1. The normalized spacial score (nSPS) is 10.4. The minimum absolute atomic E-state index is 0.0651. The van der Waals surface area contributed by atoms with E-state index in [1.54, 1.807) is 24.3 Å². The van der Waals surface area contributed by atoms with E-state index >= 15 is 0 Å². The predicted octanol–water partition coefficient (Wildman–Crippen LogP) is 4.27. The van der Waals surface area contributed by atoms with Crippen molar-refractivity contribution in [2.75, 3.05) is 13.2 Å². The molecule has 0 aromatic heterocycles. The Morgan fingerprint density at radius 3 is 2.42 bits per heavy atom. The van der Waals surface area contributed by atoms with E-state index < -0.39 is 11.8 Å². The number of carbonyl (C=O) groups is 2. The first-order valence-electron chi connectivity index (χ1n) is 9.37. The van der Waals surface area contributed by atoms with Gasteiger partial charge in [-0.25, -0.2) is 0 Å². The van der Waals surface area contributed by atoms with Crippen molar-refractivity contribution in [3.63, 3.8) is 0 Å². The molecule has 0 aliphatic rings. The highest BCUT2D eigenvalue weighted by atomic mass is 79.9. The first-order valence-corrected chi connectivity index (χ1v) is 11.4. The number of hydrogen-bond donors (Lipinski definition) is 3. The fourth-order valence-corrected chi connectivity index (χ4v) is 3.40. The molecule has 2 rings (SSSR count). The van der Waals surface area contributed by atoms with E-state index in [0.29, 0.717) is 29.6 Å². The molecule has 0 heterocycles. The van der Waals surface area contributed by atoms with Gasteiger partial charge in [0.15, 0.2) is 11.7 Å². The van der Waals surface area contributed by atoms with Crippen molar-refractivity contribution in [2.24, 2.45) is 5.92 Å². The maximum absolute atomic E-state index is 12.6. The molecule has 0 saturated carbocycles. The third-order valence-electron chi connectivity index (χ3n) is 3.75. The highest BCUT2D eigenvalue weighted by Crippen LogP contribution is 2.25. The molecule has 10 heteroatoms. The predicted molar refractivity (Wildman–Crippen MR) is 130 cm³/mol. The minimum atomic E-state index is -0.466. The van der Waals surface area contributed by atoms with Gasteiger partial charge in [-0.1, -0.05) is 35.8 Å². The Hall–Kier alpha value is -2.17. The Balaban J connectivity index is 1.86. The molecular formula is C21H23Br2N3O4S. The number of amides is 2. The van der Waals surface area contributed by atoms with Gasteiger partial charge in [0.05, 0.1) is 16.6 Å². The number of hydrazine groups is 1. The molecular weight excluding hydrogens is 550 g/mol. The van der Waals surface area contributed by atoms with Crippen LogP contribution in [0.1, 0.15) is 29.8 Å². The fraction of sp³-hybridized carbons (Fsp3) is 0.286. The van der Waals surface area contributed by atoms with Crippen molar-refractivity contribution in [3.8, 4) is 11.5 Å². The van der Waals surface area contributed by atoms with Crippen LogP contribution in [-0.4, -0.2) is 30.1 Å². The molecule has 7 nitrogen and oxygen atoms in total. The summed E-state index contributed by atoms with van der Waals surface area (Å²) in [6, 6.07) is 10.7. The second-order valence-electron chi connectivity index (χ2n) is 7.02.